The second-order valence-corrected chi connectivity index (χ2v) is 6.69. The van der Waals surface area contributed by atoms with Crippen LogP contribution in [0.1, 0.15) is 11.1 Å². The lowest BCUT2D eigenvalue weighted by atomic mass is 9.96. The third kappa shape index (κ3) is 4.93. The minimum atomic E-state index is -1.36. The van der Waals surface area contributed by atoms with Crippen molar-refractivity contribution in [2.75, 3.05) is 20.3 Å². The van der Waals surface area contributed by atoms with Gasteiger partial charge < -0.3 is 29.2 Å². The molecule has 1 unspecified atom stereocenters. The summed E-state index contributed by atoms with van der Waals surface area (Å²) in [6.07, 6.45) is -3.34. The average molecular weight is 374 g/mol. The van der Waals surface area contributed by atoms with Gasteiger partial charge >= 0.3 is 0 Å². The lowest BCUT2D eigenvalue weighted by Gasteiger charge is -2.33. The maximum absolute atomic E-state index is 10.4. The summed E-state index contributed by atoms with van der Waals surface area (Å²) in [5, 5.41) is 20.5. The molecule has 0 saturated carbocycles. The van der Waals surface area contributed by atoms with Gasteiger partial charge in [-0.1, -0.05) is 60.7 Å². The fraction of sp³-hybridized carbons (Fsp3) is 0.429. The van der Waals surface area contributed by atoms with Crippen LogP contribution in [0.3, 0.4) is 0 Å². The molecule has 0 bridgehead atoms. The van der Waals surface area contributed by atoms with Gasteiger partial charge in [0.25, 0.3) is 0 Å². The van der Waals surface area contributed by atoms with Crippen molar-refractivity contribution in [3.8, 4) is 0 Å². The van der Waals surface area contributed by atoms with Crippen molar-refractivity contribution in [3.63, 3.8) is 0 Å². The molecular formula is C21H26O6. The number of hydrogen-bond acceptors (Lipinski definition) is 6. The van der Waals surface area contributed by atoms with Gasteiger partial charge in [0.15, 0.2) is 6.29 Å². The highest BCUT2D eigenvalue weighted by molar-refractivity contribution is 5.14. The Hall–Kier alpha value is -1.80. The van der Waals surface area contributed by atoms with E-state index in [0.29, 0.717) is 6.61 Å². The Bertz CT molecular complexity index is 680. The molecule has 146 valence electrons. The molecule has 0 amide bonds. The van der Waals surface area contributed by atoms with E-state index in [1.165, 1.54) is 7.11 Å². The summed E-state index contributed by atoms with van der Waals surface area (Å²) in [5.41, 5.74) is 0.880. The smallest absolute Gasteiger partial charge is 0.184 e. The number of benzene rings is 2. The highest BCUT2D eigenvalue weighted by Gasteiger charge is 2.55. The van der Waals surface area contributed by atoms with Crippen molar-refractivity contribution in [2.45, 2.75) is 37.3 Å². The van der Waals surface area contributed by atoms with Crippen LogP contribution >= 0.6 is 0 Å². The predicted molar refractivity (Wildman–Crippen MR) is 98.8 cm³/mol. The van der Waals surface area contributed by atoms with Gasteiger partial charge in [0.1, 0.15) is 17.8 Å². The summed E-state index contributed by atoms with van der Waals surface area (Å²) in [5.74, 6) is 0. The molecule has 3 rings (SSSR count). The molecule has 2 aromatic carbocycles. The Morgan fingerprint density at radius 3 is 2.07 bits per heavy atom. The van der Waals surface area contributed by atoms with Crippen LogP contribution in [0, 0.1) is 0 Å². The summed E-state index contributed by atoms with van der Waals surface area (Å²) >= 11 is 0. The maximum atomic E-state index is 10.4. The Labute approximate surface area is 159 Å². The molecule has 6 nitrogen and oxygen atoms in total. The first-order valence-electron chi connectivity index (χ1n) is 8.95. The summed E-state index contributed by atoms with van der Waals surface area (Å²) in [7, 11) is 1.54. The summed E-state index contributed by atoms with van der Waals surface area (Å²) in [6.45, 7) is 0.898. The van der Waals surface area contributed by atoms with Crippen LogP contribution in [-0.4, -0.2) is 54.6 Å². The average Bonchev–Trinajstić information content (AvgIpc) is 2.92. The molecule has 0 radical (unpaired) electrons. The van der Waals surface area contributed by atoms with E-state index >= 15 is 0 Å². The van der Waals surface area contributed by atoms with Crippen LogP contribution in [0.5, 0.6) is 0 Å². The van der Waals surface area contributed by atoms with E-state index in [1.54, 1.807) is 0 Å². The molecule has 1 aliphatic heterocycles. The molecule has 1 fully saturated rings. The van der Waals surface area contributed by atoms with Gasteiger partial charge in [-0.25, -0.2) is 0 Å². The van der Waals surface area contributed by atoms with E-state index in [9.17, 15) is 10.2 Å². The Morgan fingerprint density at radius 1 is 0.889 bits per heavy atom. The van der Waals surface area contributed by atoms with Gasteiger partial charge in [0.05, 0.1) is 26.4 Å². The first-order valence-corrected chi connectivity index (χ1v) is 8.95. The van der Waals surface area contributed by atoms with E-state index in [1.807, 2.05) is 60.7 Å². The molecular weight excluding hydrogens is 348 g/mol. The minimum absolute atomic E-state index is 0.114. The summed E-state index contributed by atoms with van der Waals surface area (Å²) < 4.78 is 22.8. The van der Waals surface area contributed by atoms with Crippen LogP contribution in [0.2, 0.25) is 0 Å². The summed E-state index contributed by atoms with van der Waals surface area (Å²) in [4.78, 5) is 0. The van der Waals surface area contributed by atoms with Crippen LogP contribution < -0.4 is 0 Å². The van der Waals surface area contributed by atoms with E-state index in [4.69, 9.17) is 18.9 Å². The Kier molecular flexibility index (Phi) is 6.95. The topological polar surface area (TPSA) is 77.4 Å². The molecule has 2 aromatic rings. The zero-order chi connectivity index (χ0) is 19.1. The molecule has 2 N–H and O–H groups in total. The fourth-order valence-corrected chi connectivity index (χ4v) is 3.28. The standard InChI is InChI=1S/C21H26O6/c1-24-14-21(15-25-12-16-8-4-2-5-9-16)19(18(22)20(23)27-21)26-13-17-10-6-3-7-11-17/h2-11,18-20,22-23H,12-15H2,1H3/t18-,19+,20?,21-/m1/s1. The van der Waals surface area contributed by atoms with Crippen molar-refractivity contribution in [1.82, 2.24) is 0 Å². The van der Waals surface area contributed by atoms with Crippen molar-refractivity contribution in [3.05, 3.63) is 71.8 Å². The minimum Gasteiger partial charge on any atom is -0.385 e. The van der Waals surface area contributed by atoms with Crippen molar-refractivity contribution >= 4 is 0 Å². The van der Waals surface area contributed by atoms with Crippen molar-refractivity contribution < 1.29 is 29.2 Å². The third-order valence-electron chi connectivity index (χ3n) is 4.60. The zero-order valence-corrected chi connectivity index (χ0v) is 15.4. The molecule has 0 aromatic heterocycles. The van der Waals surface area contributed by atoms with Crippen LogP contribution in [0.4, 0.5) is 0 Å². The molecule has 1 saturated heterocycles. The number of aliphatic hydroxyl groups is 2. The monoisotopic (exact) mass is 374 g/mol. The maximum Gasteiger partial charge on any atom is 0.184 e. The second-order valence-electron chi connectivity index (χ2n) is 6.69. The van der Waals surface area contributed by atoms with Gasteiger partial charge in [-0.2, -0.15) is 0 Å². The third-order valence-corrected chi connectivity index (χ3v) is 4.60. The van der Waals surface area contributed by atoms with E-state index in [-0.39, 0.29) is 19.8 Å². The first-order chi connectivity index (χ1) is 13.1. The highest BCUT2D eigenvalue weighted by atomic mass is 16.7. The van der Waals surface area contributed by atoms with Crippen LogP contribution in [-0.2, 0) is 32.2 Å². The second kappa shape index (κ2) is 9.41. The molecule has 0 spiro atoms. The predicted octanol–water partition coefficient (Wildman–Crippen LogP) is 1.88. The number of rotatable bonds is 9. The lowest BCUT2D eigenvalue weighted by molar-refractivity contribution is -0.203. The number of hydrogen-bond donors (Lipinski definition) is 2. The molecule has 1 heterocycles. The van der Waals surface area contributed by atoms with E-state index < -0.39 is 24.1 Å². The number of methoxy groups -OCH3 is 1. The molecule has 6 heteroatoms. The first kappa shape index (κ1) is 19.9. The van der Waals surface area contributed by atoms with E-state index in [2.05, 4.69) is 0 Å². The number of ether oxygens (including phenoxy) is 4. The van der Waals surface area contributed by atoms with Crippen molar-refractivity contribution in [2.24, 2.45) is 0 Å². The summed E-state index contributed by atoms with van der Waals surface area (Å²) in [6, 6.07) is 19.4. The molecule has 0 aliphatic carbocycles. The quantitative estimate of drug-likeness (QED) is 0.698. The van der Waals surface area contributed by atoms with Gasteiger partial charge in [-0.3, -0.25) is 0 Å². The molecule has 1 aliphatic rings. The van der Waals surface area contributed by atoms with E-state index in [0.717, 1.165) is 11.1 Å². The fourth-order valence-electron chi connectivity index (χ4n) is 3.28. The van der Waals surface area contributed by atoms with Crippen LogP contribution in [0.15, 0.2) is 60.7 Å². The largest absolute Gasteiger partial charge is 0.385 e. The van der Waals surface area contributed by atoms with Gasteiger partial charge in [0, 0.05) is 7.11 Å². The Morgan fingerprint density at radius 2 is 1.48 bits per heavy atom. The zero-order valence-electron chi connectivity index (χ0n) is 15.4. The Balaban J connectivity index is 1.68. The lowest BCUT2D eigenvalue weighted by Crippen LogP contribution is -2.51. The molecule has 27 heavy (non-hydrogen) atoms. The van der Waals surface area contributed by atoms with Gasteiger partial charge in [-0.15, -0.1) is 0 Å². The number of aliphatic hydroxyl groups excluding tert-OH is 2. The van der Waals surface area contributed by atoms with Gasteiger partial charge in [0.2, 0.25) is 0 Å². The van der Waals surface area contributed by atoms with Crippen LogP contribution in [0.25, 0.3) is 0 Å². The normalized spacial score (nSPS) is 27.7. The highest BCUT2D eigenvalue weighted by Crippen LogP contribution is 2.34. The van der Waals surface area contributed by atoms with Crippen molar-refractivity contribution in [1.29, 1.82) is 0 Å². The molecule has 4 atom stereocenters. The van der Waals surface area contributed by atoms with Gasteiger partial charge in [-0.05, 0) is 11.1 Å². The SMILES string of the molecule is COC[C@]1(COCc2ccccc2)OC(O)[C@H](O)[C@@H]1OCc1ccccc1.